The second-order valence-corrected chi connectivity index (χ2v) is 4.76. The van der Waals surface area contributed by atoms with Gasteiger partial charge in [-0.15, -0.1) is 0 Å². The third-order valence-corrected chi connectivity index (χ3v) is 3.07. The van der Waals surface area contributed by atoms with Crippen molar-refractivity contribution in [2.45, 2.75) is 19.4 Å². The lowest BCUT2D eigenvalue weighted by atomic mass is 10.1. The average Bonchev–Trinajstić information content (AvgIpc) is 2.41. The fourth-order valence-corrected chi connectivity index (χ4v) is 1.97. The van der Waals surface area contributed by atoms with E-state index in [9.17, 15) is 9.18 Å². The van der Waals surface area contributed by atoms with Crippen molar-refractivity contribution in [3.8, 4) is 0 Å². The summed E-state index contributed by atoms with van der Waals surface area (Å²) in [7, 11) is 0. The summed E-state index contributed by atoms with van der Waals surface area (Å²) >= 11 is 0. The van der Waals surface area contributed by atoms with Crippen LogP contribution in [0.25, 0.3) is 0 Å². The SMILES string of the molecule is C[C@@H](NC(=O)Cc1ccc(N)cc1)c1cccc(F)c1. The monoisotopic (exact) mass is 272 g/mol. The van der Waals surface area contributed by atoms with Crippen molar-refractivity contribution in [1.82, 2.24) is 5.32 Å². The van der Waals surface area contributed by atoms with E-state index in [1.165, 1.54) is 12.1 Å². The molecule has 0 saturated carbocycles. The van der Waals surface area contributed by atoms with Crippen molar-refractivity contribution in [1.29, 1.82) is 0 Å². The second kappa shape index (κ2) is 6.19. The highest BCUT2D eigenvalue weighted by molar-refractivity contribution is 5.79. The number of carbonyl (C=O) groups excluding carboxylic acids is 1. The summed E-state index contributed by atoms with van der Waals surface area (Å²) in [6.07, 6.45) is 0.278. The highest BCUT2D eigenvalue weighted by Crippen LogP contribution is 2.14. The summed E-state index contributed by atoms with van der Waals surface area (Å²) in [5.74, 6) is -0.409. The van der Waals surface area contributed by atoms with Gasteiger partial charge in [-0.25, -0.2) is 4.39 Å². The van der Waals surface area contributed by atoms with Crippen LogP contribution in [0.15, 0.2) is 48.5 Å². The van der Waals surface area contributed by atoms with Gasteiger partial charge in [0.15, 0.2) is 0 Å². The molecule has 1 amide bonds. The number of hydrogen-bond donors (Lipinski definition) is 2. The third-order valence-electron chi connectivity index (χ3n) is 3.07. The molecule has 4 heteroatoms. The van der Waals surface area contributed by atoms with E-state index in [4.69, 9.17) is 5.73 Å². The van der Waals surface area contributed by atoms with Crippen molar-refractivity contribution in [3.63, 3.8) is 0 Å². The van der Waals surface area contributed by atoms with Crippen molar-refractivity contribution in [2.75, 3.05) is 5.73 Å². The van der Waals surface area contributed by atoms with Gasteiger partial charge in [0.05, 0.1) is 12.5 Å². The molecule has 104 valence electrons. The van der Waals surface area contributed by atoms with E-state index in [1.54, 1.807) is 24.3 Å². The largest absolute Gasteiger partial charge is 0.399 e. The fraction of sp³-hybridized carbons (Fsp3) is 0.188. The number of rotatable bonds is 4. The Labute approximate surface area is 117 Å². The van der Waals surface area contributed by atoms with Crippen LogP contribution < -0.4 is 11.1 Å². The Morgan fingerprint density at radius 1 is 1.25 bits per heavy atom. The molecule has 0 saturated heterocycles. The van der Waals surface area contributed by atoms with Crippen LogP contribution in [0.1, 0.15) is 24.1 Å². The van der Waals surface area contributed by atoms with E-state index in [0.717, 1.165) is 11.1 Å². The van der Waals surface area contributed by atoms with Crippen LogP contribution in [-0.2, 0) is 11.2 Å². The summed E-state index contributed by atoms with van der Waals surface area (Å²) in [6, 6.07) is 13.2. The van der Waals surface area contributed by atoms with E-state index in [0.29, 0.717) is 5.69 Å². The van der Waals surface area contributed by atoms with Crippen LogP contribution in [0.3, 0.4) is 0 Å². The predicted molar refractivity (Wildman–Crippen MR) is 77.5 cm³/mol. The summed E-state index contributed by atoms with van der Waals surface area (Å²) in [4.78, 5) is 11.9. The van der Waals surface area contributed by atoms with Gasteiger partial charge in [-0.05, 0) is 42.3 Å². The Morgan fingerprint density at radius 2 is 1.95 bits per heavy atom. The summed E-state index contributed by atoms with van der Waals surface area (Å²) in [5.41, 5.74) is 7.90. The molecule has 0 bridgehead atoms. The zero-order valence-electron chi connectivity index (χ0n) is 11.3. The van der Waals surface area contributed by atoms with Crippen molar-refractivity contribution >= 4 is 11.6 Å². The first kappa shape index (κ1) is 14.1. The number of anilines is 1. The smallest absolute Gasteiger partial charge is 0.224 e. The Bertz CT molecular complexity index is 596. The maximum Gasteiger partial charge on any atom is 0.224 e. The number of nitrogen functional groups attached to an aromatic ring is 1. The molecule has 20 heavy (non-hydrogen) atoms. The molecule has 0 aliphatic heterocycles. The number of carbonyl (C=O) groups is 1. The highest BCUT2D eigenvalue weighted by atomic mass is 19.1. The minimum Gasteiger partial charge on any atom is -0.399 e. The number of nitrogens with two attached hydrogens (primary N) is 1. The molecule has 0 spiro atoms. The number of hydrogen-bond acceptors (Lipinski definition) is 2. The lowest BCUT2D eigenvalue weighted by Crippen LogP contribution is -2.28. The molecule has 0 unspecified atom stereocenters. The molecule has 0 fully saturated rings. The molecule has 1 atom stereocenters. The molecular weight excluding hydrogens is 255 g/mol. The first-order valence-electron chi connectivity index (χ1n) is 6.44. The topological polar surface area (TPSA) is 55.1 Å². The van der Waals surface area contributed by atoms with Gasteiger partial charge in [-0.2, -0.15) is 0 Å². The Kier molecular flexibility index (Phi) is 4.35. The number of halogens is 1. The zero-order valence-corrected chi connectivity index (χ0v) is 11.3. The summed E-state index contributed by atoms with van der Waals surface area (Å²) < 4.78 is 13.1. The van der Waals surface area contributed by atoms with Gasteiger partial charge in [0.25, 0.3) is 0 Å². The van der Waals surface area contributed by atoms with Gasteiger partial charge in [0, 0.05) is 5.69 Å². The molecule has 0 aliphatic carbocycles. The molecule has 0 heterocycles. The lowest BCUT2D eigenvalue weighted by Gasteiger charge is -2.14. The maximum absolute atomic E-state index is 13.1. The molecular formula is C16H17FN2O. The molecule has 2 rings (SSSR count). The average molecular weight is 272 g/mol. The van der Waals surface area contributed by atoms with Gasteiger partial charge >= 0.3 is 0 Å². The summed E-state index contributed by atoms with van der Waals surface area (Å²) in [6.45, 7) is 1.83. The molecule has 3 N–H and O–H groups in total. The van der Waals surface area contributed by atoms with E-state index in [2.05, 4.69) is 5.32 Å². The normalized spacial score (nSPS) is 11.9. The van der Waals surface area contributed by atoms with Crippen LogP contribution in [0, 0.1) is 5.82 Å². The van der Waals surface area contributed by atoms with Gasteiger partial charge < -0.3 is 11.1 Å². The molecule has 0 aliphatic rings. The van der Waals surface area contributed by atoms with E-state index >= 15 is 0 Å². The van der Waals surface area contributed by atoms with E-state index in [1.807, 2.05) is 19.1 Å². The molecule has 2 aromatic carbocycles. The first-order valence-corrected chi connectivity index (χ1v) is 6.44. The molecule has 0 radical (unpaired) electrons. The minimum atomic E-state index is -0.304. The fourth-order valence-electron chi connectivity index (χ4n) is 1.97. The second-order valence-electron chi connectivity index (χ2n) is 4.76. The predicted octanol–water partition coefficient (Wildman–Crippen LogP) is 2.83. The van der Waals surface area contributed by atoms with E-state index < -0.39 is 0 Å². The molecule has 0 aromatic heterocycles. The molecule has 3 nitrogen and oxygen atoms in total. The van der Waals surface area contributed by atoms with Gasteiger partial charge in [0.1, 0.15) is 5.82 Å². The van der Waals surface area contributed by atoms with Crippen molar-refractivity contribution < 1.29 is 9.18 Å². The maximum atomic E-state index is 13.1. The number of benzene rings is 2. The summed E-state index contributed by atoms with van der Waals surface area (Å²) in [5, 5.41) is 2.85. The lowest BCUT2D eigenvalue weighted by molar-refractivity contribution is -0.121. The van der Waals surface area contributed by atoms with E-state index in [-0.39, 0.29) is 24.2 Å². The Morgan fingerprint density at radius 3 is 2.60 bits per heavy atom. The van der Waals surface area contributed by atoms with Crippen LogP contribution >= 0.6 is 0 Å². The van der Waals surface area contributed by atoms with Crippen LogP contribution in [0.5, 0.6) is 0 Å². The highest BCUT2D eigenvalue weighted by Gasteiger charge is 2.10. The van der Waals surface area contributed by atoms with Gasteiger partial charge in [-0.3, -0.25) is 4.79 Å². The quantitative estimate of drug-likeness (QED) is 0.841. The first-order chi connectivity index (χ1) is 9.54. The molecule has 2 aromatic rings. The van der Waals surface area contributed by atoms with Crippen LogP contribution in [0.2, 0.25) is 0 Å². The van der Waals surface area contributed by atoms with Crippen molar-refractivity contribution in [3.05, 3.63) is 65.5 Å². The standard InChI is InChI=1S/C16H17FN2O/c1-11(13-3-2-4-14(17)10-13)19-16(20)9-12-5-7-15(18)8-6-12/h2-8,10-11H,9,18H2,1H3,(H,19,20)/t11-/m1/s1. The Hall–Kier alpha value is -2.36. The van der Waals surface area contributed by atoms with Gasteiger partial charge in [0.2, 0.25) is 5.91 Å². The van der Waals surface area contributed by atoms with Gasteiger partial charge in [-0.1, -0.05) is 24.3 Å². The zero-order chi connectivity index (χ0) is 14.5. The Balaban J connectivity index is 1.95. The number of amides is 1. The van der Waals surface area contributed by atoms with Crippen LogP contribution in [-0.4, -0.2) is 5.91 Å². The van der Waals surface area contributed by atoms with Crippen LogP contribution in [0.4, 0.5) is 10.1 Å². The minimum absolute atomic E-state index is 0.105. The van der Waals surface area contributed by atoms with Crippen molar-refractivity contribution in [2.24, 2.45) is 0 Å². The third kappa shape index (κ3) is 3.82. The number of nitrogens with one attached hydrogen (secondary N) is 1.